The van der Waals surface area contributed by atoms with Gasteiger partial charge in [0.1, 0.15) is 11.6 Å². The van der Waals surface area contributed by atoms with Crippen molar-refractivity contribution in [2.24, 2.45) is 0 Å². The van der Waals surface area contributed by atoms with Crippen LogP contribution in [0.15, 0.2) is 42.5 Å². The van der Waals surface area contributed by atoms with Gasteiger partial charge in [-0.3, -0.25) is 0 Å². The van der Waals surface area contributed by atoms with Crippen molar-refractivity contribution in [3.05, 3.63) is 65.0 Å². The summed E-state index contributed by atoms with van der Waals surface area (Å²) in [6, 6.07) is 12.1. The lowest BCUT2D eigenvalue weighted by atomic mass is 9.97. The third kappa shape index (κ3) is 4.28. The number of phenolic OH excluding ortho intramolecular Hbond substituents is 1. The summed E-state index contributed by atoms with van der Waals surface area (Å²) in [7, 11) is 0. The Morgan fingerprint density at radius 2 is 1.71 bits per heavy atom. The van der Waals surface area contributed by atoms with Crippen molar-refractivity contribution in [1.29, 1.82) is 0 Å². The van der Waals surface area contributed by atoms with Crippen molar-refractivity contribution in [2.75, 3.05) is 19.7 Å². The highest BCUT2D eigenvalue weighted by Gasteiger charge is 2.10. The van der Waals surface area contributed by atoms with Crippen LogP contribution < -0.4 is 5.32 Å². The Labute approximate surface area is 124 Å². The lowest BCUT2D eigenvalue weighted by Crippen LogP contribution is -2.21. The van der Waals surface area contributed by atoms with Gasteiger partial charge in [-0.2, -0.15) is 0 Å². The second-order valence-corrected chi connectivity index (χ2v) is 4.91. The molecule has 0 saturated carbocycles. The van der Waals surface area contributed by atoms with Crippen LogP contribution in [0.5, 0.6) is 5.75 Å². The molecule has 0 aliphatic heterocycles. The monoisotopic (exact) mass is 289 g/mol. The highest BCUT2D eigenvalue weighted by atomic mass is 19.1. The molecule has 0 unspecified atom stereocenters. The molecule has 0 aromatic heterocycles. The van der Waals surface area contributed by atoms with Gasteiger partial charge in [0.2, 0.25) is 0 Å². The number of hydrogen-bond acceptors (Lipinski definition) is 3. The first kappa shape index (κ1) is 15.5. The molecule has 2 aromatic carbocycles. The first-order valence-electron chi connectivity index (χ1n) is 7.07. The van der Waals surface area contributed by atoms with Crippen molar-refractivity contribution >= 4 is 0 Å². The molecule has 0 heterocycles. The summed E-state index contributed by atoms with van der Waals surface area (Å²) < 4.78 is 14.0. The zero-order chi connectivity index (χ0) is 15.1. The van der Waals surface area contributed by atoms with E-state index in [0.717, 1.165) is 11.1 Å². The van der Waals surface area contributed by atoms with E-state index in [4.69, 9.17) is 5.11 Å². The summed E-state index contributed by atoms with van der Waals surface area (Å²) in [5.41, 5.74) is 2.32. The normalized spacial score (nSPS) is 10.8. The molecular weight excluding hydrogens is 269 g/mol. The van der Waals surface area contributed by atoms with Gasteiger partial charge in [-0.1, -0.05) is 30.3 Å². The standard InChI is InChI=1S/C17H20FNO2/c18-16-6-3-5-13(15(16)8-9-19-10-11-20)12-14-4-1-2-7-17(14)21/h1-7,19-21H,8-12H2. The molecule has 0 atom stereocenters. The first-order valence-corrected chi connectivity index (χ1v) is 7.07. The average Bonchev–Trinajstić information content (AvgIpc) is 2.48. The van der Waals surface area contributed by atoms with Crippen LogP contribution in [0.2, 0.25) is 0 Å². The second kappa shape index (κ2) is 7.76. The van der Waals surface area contributed by atoms with Crippen LogP contribution in [0, 0.1) is 5.82 Å². The van der Waals surface area contributed by atoms with Gasteiger partial charge in [-0.05, 0) is 41.8 Å². The Hall–Kier alpha value is -1.91. The summed E-state index contributed by atoms with van der Waals surface area (Å²) >= 11 is 0. The minimum absolute atomic E-state index is 0.0714. The molecule has 3 nitrogen and oxygen atoms in total. The topological polar surface area (TPSA) is 52.5 Å². The predicted molar refractivity (Wildman–Crippen MR) is 81.0 cm³/mol. The Kier molecular flexibility index (Phi) is 5.72. The van der Waals surface area contributed by atoms with Gasteiger partial charge in [-0.15, -0.1) is 0 Å². The highest BCUT2D eigenvalue weighted by molar-refractivity contribution is 5.39. The van der Waals surface area contributed by atoms with Gasteiger partial charge in [0, 0.05) is 13.0 Å². The van der Waals surface area contributed by atoms with Crippen LogP contribution in [0.4, 0.5) is 4.39 Å². The molecule has 0 bridgehead atoms. The summed E-state index contributed by atoms with van der Waals surface area (Å²) in [6.45, 7) is 1.18. The largest absolute Gasteiger partial charge is 0.508 e. The van der Waals surface area contributed by atoms with E-state index in [-0.39, 0.29) is 18.2 Å². The van der Waals surface area contributed by atoms with Gasteiger partial charge >= 0.3 is 0 Å². The van der Waals surface area contributed by atoms with E-state index in [9.17, 15) is 9.50 Å². The predicted octanol–water partition coefficient (Wildman–Crippen LogP) is 2.25. The third-order valence-electron chi connectivity index (χ3n) is 3.43. The fourth-order valence-electron chi connectivity index (χ4n) is 2.33. The highest BCUT2D eigenvalue weighted by Crippen LogP contribution is 2.23. The van der Waals surface area contributed by atoms with Crippen LogP contribution in [0.25, 0.3) is 0 Å². The van der Waals surface area contributed by atoms with Crippen molar-refractivity contribution in [3.8, 4) is 5.75 Å². The summed E-state index contributed by atoms with van der Waals surface area (Å²) in [6.07, 6.45) is 1.05. The lowest BCUT2D eigenvalue weighted by molar-refractivity contribution is 0.292. The number of nitrogens with one attached hydrogen (secondary N) is 1. The number of aromatic hydroxyl groups is 1. The number of benzene rings is 2. The molecule has 2 rings (SSSR count). The molecule has 0 spiro atoms. The molecule has 0 amide bonds. The van der Waals surface area contributed by atoms with E-state index in [0.29, 0.717) is 31.5 Å². The average molecular weight is 289 g/mol. The van der Waals surface area contributed by atoms with Crippen LogP contribution in [0.3, 0.4) is 0 Å². The summed E-state index contributed by atoms with van der Waals surface area (Å²) in [5, 5.41) is 21.6. The second-order valence-electron chi connectivity index (χ2n) is 4.91. The third-order valence-corrected chi connectivity index (χ3v) is 3.43. The Balaban J connectivity index is 2.15. The van der Waals surface area contributed by atoms with Crippen molar-refractivity contribution < 1.29 is 14.6 Å². The number of halogens is 1. The number of para-hydroxylation sites is 1. The fourth-order valence-corrected chi connectivity index (χ4v) is 2.33. The van der Waals surface area contributed by atoms with E-state index in [1.54, 1.807) is 18.2 Å². The Bertz CT molecular complexity index is 587. The number of phenols is 1. The Morgan fingerprint density at radius 3 is 2.48 bits per heavy atom. The number of aliphatic hydroxyl groups excluding tert-OH is 1. The molecule has 112 valence electrons. The SMILES string of the molecule is OCCNCCc1c(F)cccc1Cc1ccccc1O. The molecule has 0 radical (unpaired) electrons. The van der Waals surface area contributed by atoms with Gasteiger partial charge in [0.15, 0.2) is 0 Å². The minimum Gasteiger partial charge on any atom is -0.508 e. The van der Waals surface area contributed by atoms with Crippen LogP contribution in [-0.4, -0.2) is 29.9 Å². The van der Waals surface area contributed by atoms with Gasteiger partial charge in [0.05, 0.1) is 6.61 Å². The van der Waals surface area contributed by atoms with E-state index in [1.807, 2.05) is 18.2 Å². The molecule has 3 N–H and O–H groups in total. The molecule has 21 heavy (non-hydrogen) atoms. The molecule has 0 aliphatic rings. The van der Waals surface area contributed by atoms with E-state index < -0.39 is 0 Å². The molecule has 0 saturated heterocycles. The molecule has 0 fully saturated rings. The van der Waals surface area contributed by atoms with Gasteiger partial charge in [0.25, 0.3) is 0 Å². The van der Waals surface area contributed by atoms with E-state index in [2.05, 4.69) is 5.32 Å². The maximum Gasteiger partial charge on any atom is 0.126 e. The lowest BCUT2D eigenvalue weighted by Gasteiger charge is -2.12. The maximum absolute atomic E-state index is 14.0. The fraction of sp³-hybridized carbons (Fsp3) is 0.294. The van der Waals surface area contributed by atoms with E-state index in [1.165, 1.54) is 6.07 Å². The zero-order valence-corrected chi connectivity index (χ0v) is 11.8. The van der Waals surface area contributed by atoms with Gasteiger partial charge in [-0.25, -0.2) is 4.39 Å². The molecule has 2 aromatic rings. The summed E-state index contributed by atoms with van der Waals surface area (Å²) in [4.78, 5) is 0. The van der Waals surface area contributed by atoms with Crippen LogP contribution in [-0.2, 0) is 12.8 Å². The molecule has 4 heteroatoms. The number of rotatable bonds is 7. The maximum atomic E-state index is 14.0. The number of hydrogen-bond donors (Lipinski definition) is 3. The Morgan fingerprint density at radius 1 is 0.952 bits per heavy atom. The van der Waals surface area contributed by atoms with Crippen LogP contribution >= 0.6 is 0 Å². The van der Waals surface area contributed by atoms with E-state index >= 15 is 0 Å². The molecule has 0 aliphatic carbocycles. The van der Waals surface area contributed by atoms with Crippen molar-refractivity contribution in [3.63, 3.8) is 0 Å². The number of aliphatic hydroxyl groups is 1. The minimum atomic E-state index is -0.228. The first-order chi connectivity index (χ1) is 10.2. The summed E-state index contributed by atoms with van der Waals surface area (Å²) in [5.74, 6) is -0.000152. The van der Waals surface area contributed by atoms with Crippen molar-refractivity contribution in [1.82, 2.24) is 5.32 Å². The zero-order valence-electron chi connectivity index (χ0n) is 11.8. The van der Waals surface area contributed by atoms with Crippen LogP contribution in [0.1, 0.15) is 16.7 Å². The molecular formula is C17H20FNO2. The van der Waals surface area contributed by atoms with Crippen molar-refractivity contribution in [2.45, 2.75) is 12.8 Å². The quantitative estimate of drug-likeness (QED) is 0.685. The van der Waals surface area contributed by atoms with Gasteiger partial charge < -0.3 is 15.5 Å². The smallest absolute Gasteiger partial charge is 0.126 e.